The predicted molar refractivity (Wildman–Crippen MR) is 161 cm³/mol. The molecule has 6 rings (SSSR count). The fourth-order valence-corrected chi connectivity index (χ4v) is 6.04. The molecule has 44 heavy (non-hydrogen) atoms. The van der Waals surface area contributed by atoms with Crippen molar-refractivity contribution in [2.45, 2.75) is 30.9 Å². The van der Waals surface area contributed by atoms with E-state index in [0.29, 0.717) is 61.7 Å². The van der Waals surface area contributed by atoms with E-state index in [0.717, 1.165) is 18.0 Å². The summed E-state index contributed by atoms with van der Waals surface area (Å²) in [5.41, 5.74) is 1.75. The minimum absolute atomic E-state index is 0.0493. The molecule has 0 unspecified atom stereocenters. The van der Waals surface area contributed by atoms with Gasteiger partial charge in [-0.3, -0.25) is 8.98 Å². The fraction of sp³-hybridized carbons (Fsp3) is 0.310. The van der Waals surface area contributed by atoms with Crippen molar-refractivity contribution in [3.05, 3.63) is 84.3 Å². The second-order valence-corrected chi connectivity index (χ2v) is 12.3. The van der Waals surface area contributed by atoms with Crippen LogP contribution in [0.1, 0.15) is 22.8 Å². The van der Waals surface area contributed by atoms with Gasteiger partial charge in [0.1, 0.15) is 11.9 Å². The molecular weight excluding hydrogens is 589 g/mol. The third kappa shape index (κ3) is 6.43. The van der Waals surface area contributed by atoms with Crippen molar-refractivity contribution < 1.29 is 21.8 Å². The zero-order valence-electron chi connectivity index (χ0n) is 24.0. The van der Waals surface area contributed by atoms with Crippen molar-refractivity contribution in [3.63, 3.8) is 0 Å². The molecule has 0 aliphatic carbocycles. The molecule has 0 saturated carbocycles. The molecule has 1 aromatic carbocycles. The van der Waals surface area contributed by atoms with Gasteiger partial charge in [-0.2, -0.15) is 8.42 Å². The summed E-state index contributed by atoms with van der Waals surface area (Å²) < 4.78 is 43.6. The van der Waals surface area contributed by atoms with E-state index < -0.39 is 22.0 Å². The first-order valence-electron chi connectivity index (χ1n) is 14.0. The number of anilines is 4. The first-order chi connectivity index (χ1) is 21.1. The van der Waals surface area contributed by atoms with Crippen molar-refractivity contribution in [2.24, 2.45) is 0 Å². The number of aryl methyl sites for hydroxylation is 1. The average molecular weight is 620 g/mol. The minimum atomic E-state index is -3.85. The Balaban J connectivity index is 0.989. The number of halogens is 1. The molecule has 228 valence electrons. The summed E-state index contributed by atoms with van der Waals surface area (Å²) in [5.74, 6) is 0.783. The first kappa shape index (κ1) is 29.3. The van der Waals surface area contributed by atoms with Crippen molar-refractivity contribution in [1.29, 1.82) is 0 Å². The molecule has 4 aromatic rings. The largest absolute Gasteiger partial charge is 0.351 e. The Bertz CT molecular complexity index is 1720. The third-order valence-electron chi connectivity index (χ3n) is 7.42. The second-order valence-electron chi connectivity index (χ2n) is 10.7. The number of hydrogen-bond donors (Lipinski definition) is 1. The highest BCUT2D eigenvalue weighted by Gasteiger charge is 2.33. The van der Waals surface area contributed by atoms with Gasteiger partial charge in [-0.25, -0.2) is 29.3 Å². The van der Waals surface area contributed by atoms with Gasteiger partial charge in [0.2, 0.25) is 11.9 Å². The summed E-state index contributed by atoms with van der Waals surface area (Å²) in [6, 6.07) is 9.92. The Morgan fingerprint density at radius 1 is 0.864 bits per heavy atom. The summed E-state index contributed by atoms with van der Waals surface area (Å²) in [5, 5.41) is 2.78. The molecule has 0 radical (unpaired) electrons. The van der Waals surface area contributed by atoms with Crippen molar-refractivity contribution in [3.8, 4) is 0 Å². The van der Waals surface area contributed by atoms with Gasteiger partial charge in [-0.1, -0.05) is 17.7 Å². The van der Waals surface area contributed by atoms with Gasteiger partial charge in [0.05, 0.1) is 40.9 Å². The van der Waals surface area contributed by atoms with E-state index in [-0.39, 0.29) is 16.8 Å². The van der Waals surface area contributed by atoms with Crippen LogP contribution in [0.2, 0.25) is 0 Å². The summed E-state index contributed by atoms with van der Waals surface area (Å²) >= 11 is 0. The molecule has 13 nitrogen and oxygen atoms in total. The topological polar surface area (TPSA) is 147 Å². The SMILES string of the molecule is Cc1ccc(S(=O)(=O)OC2CN(c3ccc(C(=O)Nc4cnc(N5CCN(c6ncc(F)cn6)C[C@@H]5C)nc4)cn3)C2)cc1. The van der Waals surface area contributed by atoms with E-state index in [1.54, 1.807) is 36.7 Å². The smallest absolute Gasteiger partial charge is 0.297 e. The van der Waals surface area contributed by atoms with Gasteiger partial charge in [0.15, 0.2) is 5.82 Å². The van der Waals surface area contributed by atoms with Gasteiger partial charge in [0, 0.05) is 45.0 Å². The summed E-state index contributed by atoms with van der Waals surface area (Å²) in [4.78, 5) is 40.2. The number of carbonyl (C=O) groups is 1. The molecule has 2 aliphatic rings. The first-order valence-corrected chi connectivity index (χ1v) is 15.4. The van der Waals surface area contributed by atoms with Gasteiger partial charge in [0.25, 0.3) is 16.0 Å². The lowest BCUT2D eigenvalue weighted by Crippen LogP contribution is -2.53. The molecule has 2 fully saturated rings. The standard InChI is InChI=1S/C29H30FN9O4S/c1-19-3-6-25(7-4-19)44(41,42)43-24-17-38(18-24)26-8-5-21(11-31-26)27(40)36-23-14-34-29(35-15-23)39-10-9-37(16-20(39)2)28-32-12-22(30)13-33-28/h3-8,11-15,20,24H,9-10,16-18H2,1-2H3,(H,36,40)/t20-/m0/s1. The normalized spacial score (nSPS) is 17.3. The highest BCUT2D eigenvalue weighted by molar-refractivity contribution is 7.86. The van der Waals surface area contributed by atoms with Gasteiger partial charge in [-0.05, 0) is 38.1 Å². The number of rotatable bonds is 8. The van der Waals surface area contributed by atoms with Gasteiger partial charge in [-0.15, -0.1) is 0 Å². The van der Waals surface area contributed by atoms with Crippen LogP contribution in [0.3, 0.4) is 0 Å². The van der Waals surface area contributed by atoms with Crippen molar-refractivity contribution in [2.75, 3.05) is 52.7 Å². The number of aromatic nitrogens is 5. The number of nitrogens with one attached hydrogen (secondary N) is 1. The van der Waals surface area contributed by atoms with Crippen LogP contribution in [0.25, 0.3) is 0 Å². The lowest BCUT2D eigenvalue weighted by atomic mass is 10.1. The molecule has 3 aromatic heterocycles. The van der Waals surface area contributed by atoms with Crippen molar-refractivity contribution >= 4 is 39.4 Å². The van der Waals surface area contributed by atoms with Gasteiger partial charge < -0.3 is 20.0 Å². The maximum atomic E-state index is 13.2. The van der Waals surface area contributed by atoms with Crippen molar-refractivity contribution in [1.82, 2.24) is 24.9 Å². The maximum Gasteiger partial charge on any atom is 0.297 e. The number of hydrogen-bond acceptors (Lipinski definition) is 12. The quantitative estimate of drug-likeness (QED) is 0.289. The van der Waals surface area contributed by atoms with Gasteiger partial charge >= 0.3 is 0 Å². The van der Waals surface area contributed by atoms with E-state index in [1.165, 1.54) is 18.3 Å². The van der Waals surface area contributed by atoms with E-state index in [2.05, 4.69) is 35.1 Å². The van der Waals surface area contributed by atoms with E-state index in [4.69, 9.17) is 4.18 Å². The van der Waals surface area contributed by atoms with E-state index in [9.17, 15) is 17.6 Å². The summed E-state index contributed by atoms with van der Waals surface area (Å²) in [6.45, 7) is 6.51. The molecule has 2 aliphatic heterocycles. The summed E-state index contributed by atoms with van der Waals surface area (Å²) in [7, 11) is -3.85. The Morgan fingerprint density at radius 2 is 1.55 bits per heavy atom. The zero-order chi connectivity index (χ0) is 30.8. The fourth-order valence-electron chi connectivity index (χ4n) is 4.98. The molecular formula is C29H30FN9O4S. The van der Waals surface area contributed by atoms with Crippen LogP contribution in [0.5, 0.6) is 0 Å². The van der Waals surface area contributed by atoms with Crippen LogP contribution in [-0.2, 0) is 14.3 Å². The lowest BCUT2D eigenvalue weighted by molar-refractivity contribution is 0.102. The maximum absolute atomic E-state index is 13.2. The minimum Gasteiger partial charge on any atom is -0.351 e. The Kier molecular flexibility index (Phi) is 8.05. The molecule has 1 atom stereocenters. The molecule has 0 bridgehead atoms. The van der Waals surface area contributed by atoms with Crippen LogP contribution < -0.4 is 20.0 Å². The van der Waals surface area contributed by atoms with Crippen LogP contribution in [-0.4, -0.2) is 84.1 Å². The molecule has 5 heterocycles. The predicted octanol–water partition coefficient (Wildman–Crippen LogP) is 2.67. The Labute approximate surface area is 253 Å². The number of pyridine rings is 1. The number of nitrogens with zero attached hydrogens (tertiary/aromatic N) is 8. The highest BCUT2D eigenvalue weighted by atomic mass is 32.2. The second kappa shape index (κ2) is 12.1. The molecule has 2 saturated heterocycles. The van der Waals surface area contributed by atoms with Crippen LogP contribution in [0.4, 0.5) is 27.8 Å². The molecule has 1 N–H and O–H groups in total. The summed E-state index contributed by atoms with van der Waals surface area (Å²) in [6.07, 6.45) is 6.39. The average Bonchev–Trinajstić information content (AvgIpc) is 3.00. The van der Waals surface area contributed by atoms with E-state index in [1.807, 2.05) is 23.6 Å². The van der Waals surface area contributed by atoms with Crippen LogP contribution in [0.15, 0.2) is 72.3 Å². The van der Waals surface area contributed by atoms with E-state index >= 15 is 0 Å². The number of piperazine rings is 1. The van der Waals surface area contributed by atoms with Crippen LogP contribution >= 0.6 is 0 Å². The molecule has 15 heteroatoms. The Hall–Kier alpha value is -4.76. The third-order valence-corrected chi connectivity index (χ3v) is 8.80. The number of amides is 1. The monoisotopic (exact) mass is 619 g/mol. The molecule has 0 spiro atoms. The Morgan fingerprint density at radius 3 is 2.18 bits per heavy atom. The number of carbonyl (C=O) groups excluding carboxylic acids is 1. The zero-order valence-corrected chi connectivity index (χ0v) is 24.9. The molecule has 1 amide bonds. The van der Waals surface area contributed by atoms with Crippen LogP contribution in [0, 0.1) is 12.7 Å². The highest BCUT2D eigenvalue weighted by Crippen LogP contribution is 2.25. The lowest BCUT2D eigenvalue weighted by Gasteiger charge is -2.39. The number of benzene rings is 1.